The first-order valence-corrected chi connectivity index (χ1v) is 5.27. The van der Waals surface area contributed by atoms with Crippen LogP contribution in [0, 0.1) is 0 Å². The van der Waals surface area contributed by atoms with E-state index in [1.54, 1.807) is 30.5 Å². The lowest BCUT2D eigenvalue weighted by atomic mass is 9.79. The number of nitrogens with zero attached hydrogens (tertiary/aromatic N) is 2. The number of rotatable bonds is 4. The number of hydrogen-bond donors (Lipinski definition) is 3. The maximum Gasteiger partial charge on any atom is 0.488 e. The summed E-state index contributed by atoms with van der Waals surface area (Å²) in [5.74, 6) is -0.968. The van der Waals surface area contributed by atoms with E-state index in [-0.39, 0.29) is 6.54 Å². The molecule has 18 heavy (non-hydrogen) atoms. The van der Waals surface area contributed by atoms with Gasteiger partial charge in [-0.3, -0.25) is 9.48 Å². The maximum atomic E-state index is 10.5. The minimum atomic E-state index is -1.53. The number of carboxylic acids is 1. The Kier molecular flexibility index (Phi) is 3.45. The molecule has 92 valence electrons. The number of benzene rings is 1. The molecule has 1 aromatic carbocycles. The minimum absolute atomic E-state index is 0.206. The summed E-state index contributed by atoms with van der Waals surface area (Å²) in [6, 6.07) is 6.69. The molecule has 0 spiro atoms. The lowest BCUT2D eigenvalue weighted by Gasteiger charge is -2.02. The van der Waals surface area contributed by atoms with E-state index in [2.05, 4.69) is 5.10 Å². The summed E-state index contributed by atoms with van der Waals surface area (Å²) in [6.07, 6.45) is 3.13. The van der Waals surface area contributed by atoms with Gasteiger partial charge in [-0.15, -0.1) is 0 Å². The number of carbonyl (C=O) groups is 1. The van der Waals surface area contributed by atoms with Gasteiger partial charge in [0, 0.05) is 11.8 Å². The van der Waals surface area contributed by atoms with Crippen LogP contribution in [0.2, 0.25) is 0 Å². The van der Waals surface area contributed by atoms with Crippen molar-refractivity contribution in [2.45, 2.75) is 6.54 Å². The highest BCUT2D eigenvalue weighted by atomic mass is 16.4. The van der Waals surface area contributed by atoms with Crippen molar-refractivity contribution in [2.24, 2.45) is 0 Å². The zero-order valence-electron chi connectivity index (χ0n) is 9.39. The Labute approximate surface area is 103 Å². The van der Waals surface area contributed by atoms with Gasteiger partial charge in [0.1, 0.15) is 6.54 Å². The summed E-state index contributed by atoms with van der Waals surface area (Å²) in [7, 11) is -1.53. The molecule has 0 fully saturated rings. The van der Waals surface area contributed by atoms with E-state index in [4.69, 9.17) is 15.2 Å². The molecule has 6 nitrogen and oxygen atoms in total. The van der Waals surface area contributed by atoms with Crippen molar-refractivity contribution in [1.82, 2.24) is 9.78 Å². The van der Waals surface area contributed by atoms with Crippen LogP contribution < -0.4 is 5.46 Å². The Morgan fingerprint density at radius 1 is 1.33 bits per heavy atom. The van der Waals surface area contributed by atoms with Crippen LogP contribution in [0.1, 0.15) is 0 Å². The van der Waals surface area contributed by atoms with Crippen molar-refractivity contribution < 1.29 is 19.9 Å². The lowest BCUT2D eigenvalue weighted by Crippen LogP contribution is -2.29. The van der Waals surface area contributed by atoms with E-state index in [1.165, 1.54) is 10.9 Å². The van der Waals surface area contributed by atoms with Gasteiger partial charge in [-0.2, -0.15) is 5.10 Å². The third-order valence-electron chi connectivity index (χ3n) is 2.45. The Balaban J connectivity index is 2.28. The molecule has 7 heteroatoms. The molecule has 0 saturated heterocycles. The van der Waals surface area contributed by atoms with Gasteiger partial charge in [0.25, 0.3) is 0 Å². The van der Waals surface area contributed by atoms with E-state index >= 15 is 0 Å². The largest absolute Gasteiger partial charge is 0.488 e. The molecular weight excluding hydrogens is 235 g/mol. The fourth-order valence-electron chi connectivity index (χ4n) is 1.62. The molecule has 3 N–H and O–H groups in total. The quantitative estimate of drug-likeness (QED) is 0.621. The number of hydrogen-bond acceptors (Lipinski definition) is 4. The molecule has 0 bridgehead atoms. The summed E-state index contributed by atoms with van der Waals surface area (Å²) in [6.45, 7) is -0.206. The molecule has 0 aliphatic carbocycles. The Hall–Kier alpha value is -2.12. The molecule has 0 aliphatic heterocycles. The second-order valence-electron chi connectivity index (χ2n) is 3.82. The molecule has 0 radical (unpaired) electrons. The predicted molar refractivity (Wildman–Crippen MR) is 65.1 cm³/mol. The molecule has 1 aromatic heterocycles. The Morgan fingerprint density at radius 2 is 2.11 bits per heavy atom. The molecule has 0 atom stereocenters. The van der Waals surface area contributed by atoms with E-state index in [0.717, 1.165) is 11.1 Å². The van der Waals surface area contributed by atoms with Gasteiger partial charge in [-0.1, -0.05) is 24.3 Å². The van der Waals surface area contributed by atoms with Gasteiger partial charge in [0.05, 0.1) is 6.20 Å². The van der Waals surface area contributed by atoms with Crippen LogP contribution in [0.3, 0.4) is 0 Å². The van der Waals surface area contributed by atoms with Gasteiger partial charge in [-0.05, 0) is 11.0 Å². The molecule has 0 unspecified atom stereocenters. The fraction of sp³-hybridized carbons (Fsp3) is 0.0909. The van der Waals surface area contributed by atoms with Crippen LogP contribution in [-0.4, -0.2) is 38.0 Å². The normalized spacial score (nSPS) is 10.3. The first kappa shape index (κ1) is 12.3. The summed E-state index contributed by atoms with van der Waals surface area (Å²) in [5, 5.41) is 30.7. The third kappa shape index (κ3) is 2.76. The van der Waals surface area contributed by atoms with Gasteiger partial charge >= 0.3 is 13.1 Å². The van der Waals surface area contributed by atoms with Crippen molar-refractivity contribution in [3.63, 3.8) is 0 Å². The van der Waals surface area contributed by atoms with Crippen LogP contribution in [0.15, 0.2) is 36.7 Å². The SMILES string of the molecule is O=C(O)Cn1cc(-c2cccc(B(O)O)c2)cn1. The van der Waals surface area contributed by atoms with Crippen molar-refractivity contribution in [2.75, 3.05) is 0 Å². The predicted octanol–water partition coefficient (Wildman–Crippen LogP) is -0.686. The molecular formula is C11H11BN2O4. The maximum absolute atomic E-state index is 10.5. The van der Waals surface area contributed by atoms with Gasteiger partial charge in [-0.25, -0.2) is 0 Å². The van der Waals surface area contributed by atoms with Crippen molar-refractivity contribution in [3.8, 4) is 11.1 Å². The van der Waals surface area contributed by atoms with E-state index in [0.29, 0.717) is 5.46 Å². The number of carboxylic acid groups (broad SMARTS) is 1. The zero-order valence-corrected chi connectivity index (χ0v) is 9.39. The Morgan fingerprint density at radius 3 is 2.78 bits per heavy atom. The van der Waals surface area contributed by atoms with Crippen LogP contribution in [0.5, 0.6) is 0 Å². The second-order valence-corrected chi connectivity index (χ2v) is 3.82. The standard InChI is InChI=1S/C11H11BN2O4/c15-11(16)7-14-6-9(5-13-14)8-2-1-3-10(4-8)12(17)18/h1-6,17-18H,7H2,(H,15,16). The second kappa shape index (κ2) is 5.03. The highest BCUT2D eigenvalue weighted by molar-refractivity contribution is 6.58. The smallest absolute Gasteiger partial charge is 0.480 e. The van der Waals surface area contributed by atoms with E-state index in [9.17, 15) is 4.79 Å². The van der Waals surface area contributed by atoms with Crippen LogP contribution in [0.25, 0.3) is 11.1 Å². The Bertz CT molecular complexity index is 568. The van der Waals surface area contributed by atoms with E-state index < -0.39 is 13.1 Å². The monoisotopic (exact) mass is 246 g/mol. The van der Waals surface area contributed by atoms with Gasteiger partial charge < -0.3 is 15.2 Å². The average molecular weight is 246 g/mol. The minimum Gasteiger partial charge on any atom is -0.480 e. The lowest BCUT2D eigenvalue weighted by molar-refractivity contribution is -0.137. The van der Waals surface area contributed by atoms with Gasteiger partial charge in [0.15, 0.2) is 0 Å². The molecule has 1 heterocycles. The summed E-state index contributed by atoms with van der Waals surface area (Å²) in [4.78, 5) is 10.5. The summed E-state index contributed by atoms with van der Waals surface area (Å²) >= 11 is 0. The van der Waals surface area contributed by atoms with E-state index in [1.807, 2.05) is 0 Å². The molecule has 0 saturated carbocycles. The fourth-order valence-corrected chi connectivity index (χ4v) is 1.62. The average Bonchev–Trinajstić information content (AvgIpc) is 2.77. The third-order valence-corrected chi connectivity index (χ3v) is 2.45. The van der Waals surface area contributed by atoms with Crippen LogP contribution in [-0.2, 0) is 11.3 Å². The topological polar surface area (TPSA) is 95.6 Å². The highest BCUT2D eigenvalue weighted by Crippen LogP contribution is 2.16. The highest BCUT2D eigenvalue weighted by Gasteiger charge is 2.12. The summed E-state index contributed by atoms with van der Waals surface area (Å²) < 4.78 is 1.31. The van der Waals surface area contributed by atoms with Crippen molar-refractivity contribution in [3.05, 3.63) is 36.7 Å². The number of aliphatic carboxylic acids is 1. The molecule has 0 aliphatic rings. The van der Waals surface area contributed by atoms with Crippen molar-refractivity contribution >= 4 is 18.6 Å². The molecule has 0 amide bonds. The first-order valence-electron chi connectivity index (χ1n) is 5.27. The van der Waals surface area contributed by atoms with Crippen LogP contribution in [0.4, 0.5) is 0 Å². The molecule has 2 rings (SSSR count). The van der Waals surface area contributed by atoms with Crippen LogP contribution >= 0.6 is 0 Å². The number of aromatic nitrogens is 2. The first-order chi connectivity index (χ1) is 8.56. The van der Waals surface area contributed by atoms with Crippen molar-refractivity contribution in [1.29, 1.82) is 0 Å². The summed E-state index contributed by atoms with van der Waals surface area (Å²) in [5.41, 5.74) is 1.84. The molecule has 2 aromatic rings. The van der Waals surface area contributed by atoms with Gasteiger partial charge in [0.2, 0.25) is 0 Å². The zero-order chi connectivity index (χ0) is 13.1.